The number of hydrogen-bond acceptors (Lipinski definition) is 5. The molecule has 0 bridgehead atoms. The van der Waals surface area contributed by atoms with Gasteiger partial charge in [0.05, 0.1) is 0 Å². The highest BCUT2D eigenvalue weighted by Gasteiger charge is 2.26. The molecule has 0 saturated carbocycles. The van der Waals surface area contributed by atoms with Crippen molar-refractivity contribution in [1.29, 1.82) is 0 Å². The van der Waals surface area contributed by atoms with Crippen LogP contribution >= 0.6 is 22.7 Å². The lowest BCUT2D eigenvalue weighted by Gasteiger charge is -2.41. The predicted molar refractivity (Wildman–Crippen MR) is 89.8 cm³/mol. The summed E-state index contributed by atoms with van der Waals surface area (Å²) in [5.74, 6) is 0. The summed E-state index contributed by atoms with van der Waals surface area (Å²) in [6, 6.07) is 7.00. The average Bonchev–Trinajstić information content (AvgIpc) is 3.15. The van der Waals surface area contributed by atoms with Crippen LogP contribution in [0.3, 0.4) is 0 Å². The molecule has 1 fully saturated rings. The SMILES string of the molecule is OCCC1CN(Cc2ccsc2)CCN1Cc1cccs1. The maximum absolute atomic E-state index is 9.36. The second-order valence-corrected chi connectivity index (χ2v) is 7.39. The van der Waals surface area contributed by atoms with Crippen molar-refractivity contribution in [2.24, 2.45) is 0 Å². The summed E-state index contributed by atoms with van der Waals surface area (Å²) >= 11 is 3.59. The first-order valence-electron chi connectivity index (χ1n) is 7.46. The van der Waals surface area contributed by atoms with Gasteiger partial charge in [0.2, 0.25) is 0 Å². The van der Waals surface area contributed by atoms with Gasteiger partial charge in [0.15, 0.2) is 0 Å². The number of nitrogens with zero attached hydrogens (tertiary/aromatic N) is 2. The lowest BCUT2D eigenvalue weighted by atomic mass is 10.1. The van der Waals surface area contributed by atoms with Crippen LogP contribution in [-0.4, -0.2) is 47.2 Å². The van der Waals surface area contributed by atoms with Crippen LogP contribution in [0.5, 0.6) is 0 Å². The second-order valence-electron chi connectivity index (χ2n) is 5.58. The van der Waals surface area contributed by atoms with Crippen molar-refractivity contribution < 1.29 is 5.11 Å². The largest absolute Gasteiger partial charge is 0.396 e. The predicted octanol–water partition coefficient (Wildman–Crippen LogP) is 2.88. The van der Waals surface area contributed by atoms with Gasteiger partial charge in [0.1, 0.15) is 0 Å². The average molecular weight is 322 g/mol. The molecule has 2 aromatic heterocycles. The summed E-state index contributed by atoms with van der Waals surface area (Å²) in [5, 5.41) is 15.9. The molecule has 3 nitrogen and oxygen atoms in total. The topological polar surface area (TPSA) is 26.7 Å². The van der Waals surface area contributed by atoms with Crippen molar-refractivity contribution >= 4 is 22.7 Å². The summed E-state index contributed by atoms with van der Waals surface area (Å²) < 4.78 is 0. The molecule has 0 radical (unpaired) electrons. The Hall–Kier alpha value is -0.720. The second kappa shape index (κ2) is 7.51. The summed E-state index contributed by atoms with van der Waals surface area (Å²) in [7, 11) is 0. The Balaban J connectivity index is 1.59. The molecule has 0 aromatic carbocycles. The fraction of sp³-hybridized carbons (Fsp3) is 0.500. The van der Waals surface area contributed by atoms with Crippen LogP contribution in [0, 0.1) is 0 Å². The maximum Gasteiger partial charge on any atom is 0.0446 e. The molecule has 1 aliphatic heterocycles. The number of rotatable bonds is 6. The minimum absolute atomic E-state index is 0.276. The first kappa shape index (κ1) is 15.2. The normalized spacial score (nSPS) is 20.9. The Morgan fingerprint density at radius 1 is 1.19 bits per heavy atom. The molecule has 1 N–H and O–H groups in total. The first-order chi connectivity index (χ1) is 10.3. The Morgan fingerprint density at radius 3 is 2.86 bits per heavy atom. The highest BCUT2D eigenvalue weighted by molar-refractivity contribution is 7.09. The number of thiophene rings is 2. The van der Waals surface area contributed by atoms with Crippen molar-refractivity contribution in [3.8, 4) is 0 Å². The van der Waals surface area contributed by atoms with Crippen LogP contribution in [0.1, 0.15) is 16.9 Å². The lowest BCUT2D eigenvalue weighted by Crippen LogP contribution is -2.52. The van der Waals surface area contributed by atoms with E-state index in [1.54, 1.807) is 11.3 Å². The van der Waals surface area contributed by atoms with E-state index in [1.807, 2.05) is 11.3 Å². The van der Waals surface area contributed by atoms with Crippen molar-refractivity contribution in [3.63, 3.8) is 0 Å². The van der Waals surface area contributed by atoms with Gasteiger partial charge in [-0.15, -0.1) is 11.3 Å². The Bertz CT molecular complexity index is 512. The van der Waals surface area contributed by atoms with Crippen LogP contribution in [0.15, 0.2) is 34.3 Å². The minimum Gasteiger partial charge on any atom is -0.396 e. The van der Waals surface area contributed by atoms with E-state index in [1.165, 1.54) is 10.4 Å². The summed E-state index contributed by atoms with van der Waals surface area (Å²) in [6.45, 7) is 5.60. The van der Waals surface area contributed by atoms with Crippen molar-refractivity contribution in [2.45, 2.75) is 25.6 Å². The van der Waals surface area contributed by atoms with Crippen LogP contribution in [-0.2, 0) is 13.1 Å². The van der Waals surface area contributed by atoms with E-state index in [2.05, 4.69) is 44.1 Å². The van der Waals surface area contributed by atoms with E-state index in [0.717, 1.165) is 39.1 Å². The lowest BCUT2D eigenvalue weighted by molar-refractivity contribution is 0.0507. The molecule has 1 saturated heterocycles. The van der Waals surface area contributed by atoms with Crippen molar-refractivity contribution in [2.75, 3.05) is 26.2 Å². The molecule has 0 amide bonds. The molecular weight excluding hydrogens is 300 g/mol. The highest BCUT2D eigenvalue weighted by Crippen LogP contribution is 2.20. The van der Waals surface area contributed by atoms with Gasteiger partial charge in [-0.3, -0.25) is 9.80 Å². The van der Waals surface area contributed by atoms with Gasteiger partial charge in [0.25, 0.3) is 0 Å². The molecule has 114 valence electrons. The Kier molecular flexibility index (Phi) is 5.43. The molecule has 5 heteroatoms. The summed E-state index contributed by atoms with van der Waals surface area (Å²) in [5.41, 5.74) is 1.41. The first-order valence-corrected chi connectivity index (χ1v) is 9.28. The minimum atomic E-state index is 0.276. The number of aliphatic hydroxyl groups is 1. The Morgan fingerprint density at radius 2 is 2.14 bits per heavy atom. The molecule has 0 spiro atoms. The van der Waals surface area contributed by atoms with Gasteiger partial charge in [-0.2, -0.15) is 11.3 Å². The molecule has 1 atom stereocenters. The van der Waals surface area contributed by atoms with Gasteiger partial charge in [-0.1, -0.05) is 6.07 Å². The van der Waals surface area contributed by atoms with E-state index in [4.69, 9.17) is 0 Å². The molecule has 1 unspecified atom stereocenters. The zero-order valence-electron chi connectivity index (χ0n) is 12.1. The van der Waals surface area contributed by atoms with E-state index >= 15 is 0 Å². The smallest absolute Gasteiger partial charge is 0.0446 e. The van der Waals surface area contributed by atoms with Gasteiger partial charge in [-0.25, -0.2) is 0 Å². The number of aliphatic hydroxyl groups excluding tert-OH is 1. The van der Waals surface area contributed by atoms with Gasteiger partial charge in [-0.05, 0) is 40.3 Å². The molecule has 21 heavy (non-hydrogen) atoms. The third-order valence-electron chi connectivity index (χ3n) is 4.08. The van der Waals surface area contributed by atoms with E-state index in [-0.39, 0.29) is 6.61 Å². The van der Waals surface area contributed by atoms with E-state index in [9.17, 15) is 5.11 Å². The standard InChI is InChI=1S/C16H22N2OS2/c19-7-3-15-11-17(10-14-4-9-20-13-14)5-6-18(15)12-16-2-1-8-21-16/h1-2,4,8-9,13,15,19H,3,5-7,10-12H2. The van der Waals surface area contributed by atoms with Crippen molar-refractivity contribution in [3.05, 3.63) is 44.8 Å². The number of hydrogen-bond donors (Lipinski definition) is 1. The molecule has 3 rings (SSSR count). The monoisotopic (exact) mass is 322 g/mol. The highest BCUT2D eigenvalue weighted by atomic mass is 32.1. The third kappa shape index (κ3) is 4.14. The molecule has 2 aromatic rings. The maximum atomic E-state index is 9.36. The zero-order valence-corrected chi connectivity index (χ0v) is 13.8. The van der Waals surface area contributed by atoms with E-state index < -0.39 is 0 Å². The molecular formula is C16H22N2OS2. The van der Waals surface area contributed by atoms with Gasteiger partial charge in [0, 0.05) is 50.2 Å². The third-order valence-corrected chi connectivity index (χ3v) is 5.67. The summed E-state index contributed by atoms with van der Waals surface area (Å²) in [6.07, 6.45) is 0.867. The molecule has 1 aliphatic rings. The van der Waals surface area contributed by atoms with Crippen molar-refractivity contribution in [1.82, 2.24) is 9.80 Å². The van der Waals surface area contributed by atoms with Crippen LogP contribution in [0.25, 0.3) is 0 Å². The van der Waals surface area contributed by atoms with Crippen LogP contribution < -0.4 is 0 Å². The summed E-state index contributed by atoms with van der Waals surface area (Å²) in [4.78, 5) is 6.48. The van der Waals surface area contributed by atoms with Gasteiger partial charge >= 0.3 is 0 Å². The zero-order chi connectivity index (χ0) is 14.5. The molecule has 3 heterocycles. The molecule has 0 aliphatic carbocycles. The fourth-order valence-corrected chi connectivity index (χ4v) is 4.36. The quantitative estimate of drug-likeness (QED) is 0.886. The Labute approximate surface area is 134 Å². The van der Waals surface area contributed by atoms with Crippen LogP contribution in [0.2, 0.25) is 0 Å². The van der Waals surface area contributed by atoms with E-state index in [0.29, 0.717) is 6.04 Å². The van der Waals surface area contributed by atoms with Gasteiger partial charge < -0.3 is 5.11 Å². The van der Waals surface area contributed by atoms with Crippen LogP contribution in [0.4, 0.5) is 0 Å². The number of piperazine rings is 1. The fourth-order valence-electron chi connectivity index (χ4n) is 2.98.